The van der Waals surface area contributed by atoms with Gasteiger partial charge in [-0.1, -0.05) is 18.2 Å². The van der Waals surface area contributed by atoms with Crippen molar-refractivity contribution in [1.82, 2.24) is 9.88 Å². The zero-order valence-electron chi connectivity index (χ0n) is 11.4. The molecule has 0 unspecified atom stereocenters. The number of primary amides is 1. The number of fused-ring (bicyclic) bond motifs is 1. The second-order valence-electron chi connectivity index (χ2n) is 4.91. The van der Waals surface area contributed by atoms with Crippen LogP contribution in [0.5, 0.6) is 0 Å². The molecule has 0 fully saturated rings. The minimum Gasteiger partial charge on any atom is -0.364 e. The third kappa shape index (κ3) is 2.80. The second-order valence-corrected chi connectivity index (χ2v) is 5.99. The molecule has 21 heavy (non-hydrogen) atoms. The van der Waals surface area contributed by atoms with E-state index >= 15 is 0 Å². The maximum atomic E-state index is 12.4. The number of hydrogen-bond acceptors (Lipinski definition) is 4. The highest BCUT2D eigenvalue weighted by atomic mass is 32.1. The molecule has 0 saturated heterocycles. The molecule has 0 atom stereocenters. The Morgan fingerprint density at radius 3 is 2.57 bits per heavy atom. The summed E-state index contributed by atoms with van der Waals surface area (Å²) in [4.78, 5) is 30.8. The molecule has 2 heterocycles. The van der Waals surface area contributed by atoms with Gasteiger partial charge in [0.1, 0.15) is 0 Å². The van der Waals surface area contributed by atoms with Crippen molar-refractivity contribution < 1.29 is 9.59 Å². The lowest BCUT2D eigenvalue weighted by molar-refractivity contribution is 0.0762. The summed E-state index contributed by atoms with van der Waals surface area (Å²) in [5, 5.41) is 0.364. The van der Waals surface area contributed by atoms with E-state index < -0.39 is 5.91 Å². The van der Waals surface area contributed by atoms with Crippen LogP contribution in [0.4, 0.5) is 0 Å². The first-order valence-corrected chi connectivity index (χ1v) is 7.59. The van der Waals surface area contributed by atoms with E-state index in [4.69, 9.17) is 5.73 Å². The van der Waals surface area contributed by atoms with Gasteiger partial charge in [-0.05, 0) is 12.1 Å². The minimum absolute atomic E-state index is 0.0425. The Morgan fingerprint density at radius 1 is 1.14 bits per heavy atom. The fourth-order valence-electron chi connectivity index (χ4n) is 2.43. The van der Waals surface area contributed by atoms with E-state index in [0.717, 1.165) is 17.0 Å². The van der Waals surface area contributed by atoms with E-state index in [1.165, 1.54) is 11.3 Å². The lowest BCUT2D eigenvalue weighted by Crippen LogP contribution is -2.33. The van der Waals surface area contributed by atoms with Crippen LogP contribution in [0.3, 0.4) is 0 Å². The molecule has 2 N–H and O–H groups in total. The fraction of sp³-hybridized carbons (Fsp3) is 0.267. The van der Waals surface area contributed by atoms with Gasteiger partial charge in [-0.25, -0.2) is 4.98 Å². The van der Waals surface area contributed by atoms with Crippen molar-refractivity contribution >= 4 is 23.2 Å². The quantitative estimate of drug-likeness (QED) is 0.913. The van der Waals surface area contributed by atoms with Crippen LogP contribution < -0.4 is 5.73 Å². The van der Waals surface area contributed by atoms with Crippen LogP contribution >= 0.6 is 11.3 Å². The standard InChI is InChI=1S/C15H15N3O2S/c16-13(19)14-17-11-6-8-18(9-7-12(11)21-14)15(20)10-4-2-1-3-5-10/h1-5H,6-9H2,(H2,16,19). The van der Waals surface area contributed by atoms with Crippen LogP contribution in [0.25, 0.3) is 0 Å². The number of amides is 2. The molecule has 5 nitrogen and oxygen atoms in total. The molecule has 1 aliphatic rings. The van der Waals surface area contributed by atoms with E-state index in [1.807, 2.05) is 35.2 Å². The topological polar surface area (TPSA) is 76.3 Å². The Kier molecular flexibility index (Phi) is 3.70. The largest absolute Gasteiger partial charge is 0.364 e. The van der Waals surface area contributed by atoms with Gasteiger partial charge in [0.15, 0.2) is 5.01 Å². The van der Waals surface area contributed by atoms with Crippen LogP contribution in [0.2, 0.25) is 0 Å². The van der Waals surface area contributed by atoms with Crippen molar-refractivity contribution in [2.75, 3.05) is 13.1 Å². The van der Waals surface area contributed by atoms with Crippen LogP contribution in [0.15, 0.2) is 30.3 Å². The molecule has 0 spiro atoms. The number of thiazole rings is 1. The monoisotopic (exact) mass is 301 g/mol. The Hall–Kier alpha value is -2.21. The van der Waals surface area contributed by atoms with Crippen molar-refractivity contribution in [3.63, 3.8) is 0 Å². The van der Waals surface area contributed by atoms with Crippen LogP contribution in [0, 0.1) is 0 Å². The lowest BCUT2D eigenvalue weighted by Gasteiger charge is -2.20. The maximum Gasteiger partial charge on any atom is 0.277 e. The van der Waals surface area contributed by atoms with Crippen LogP contribution in [-0.4, -0.2) is 34.8 Å². The summed E-state index contributed by atoms with van der Waals surface area (Å²) in [5.41, 5.74) is 6.86. The molecule has 1 aromatic carbocycles. The summed E-state index contributed by atoms with van der Waals surface area (Å²) >= 11 is 1.34. The molecule has 108 valence electrons. The number of nitrogens with two attached hydrogens (primary N) is 1. The average Bonchev–Trinajstić information content (AvgIpc) is 2.82. The van der Waals surface area contributed by atoms with Gasteiger partial charge in [0, 0.05) is 36.4 Å². The summed E-state index contributed by atoms with van der Waals surface area (Å²) in [6.07, 6.45) is 1.39. The van der Waals surface area contributed by atoms with E-state index in [2.05, 4.69) is 4.98 Å². The fourth-order valence-corrected chi connectivity index (χ4v) is 3.38. The van der Waals surface area contributed by atoms with Crippen molar-refractivity contribution in [1.29, 1.82) is 0 Å². The van der Waals surface area contributed by atoms with Gasteiger partial charge < -0.3 is 10.6 Å². The van der Waals surface area contributed by atoms with Gasteiger partial charge in [0.25, 0.3) is 11.8 Å². The molecule has 3 rings (SSSR count). The Labute approximate surface area is 126 Å². The van der Waals surface area contributed by atoms with Gasteiger partial charge in [-0.2, -0.15) is 0 Å². The number of carbonyl (C=O) groups is 2. The Balaban J connectivity index is 1.75. The van der Waals surface area contributed by atoms with E-state index in [-0.39, 0.29) is 5.91 Å². The van der Waals surface area contributed by atoms with Crippen molar-refractivity contribution in [3.05, 3.63) is 51.5 Å². The summed E-state index contributed by atoms with van der Waals surface area (Å²) in [5.74, 6) is -0.439. The first kappa shape index (κ1) is 13.8. The number of aromatic nitrogens is 1. The molecular weight excluding hydrogens is 286 g/mol. The highest BCUT2D eigenvalue weighted by Gasteiger charge is 2.23. The molecule has 0 saturated carbocycles. The third-order valence-electron chi connectivity index (χ3n) is 3.52. The summed E-state index contributed by atoms with van der Waals surface area (Å²) in [7, 11) is 0. The highest BCUT2D eigenvalue weighted by molar-refractivity contribution is 7.13. The van der Waals surface area contributed by atoms with Crippen LogP contribution in [-0.2, 0) is 12.8 Å². The molecule has 2 amide bonds. The predicted molar refractivity (Wildman–Crippen MR) is 80.4 cm³/mol. The van der Waals surface area contributed by atoms with Gasteiger partial charge >= 0.3 is 0 Å². The summed E-state index contributed by atoms with van der Waals surface area (Å²) < 4.78 is 0. The zero-order valence-corrected chi connectivity index (χ0v) is 12.2. The number of nitrogens with zero attached hydrogens (tertiary/aromatic N) is 2. The SMILES string of the molecule is NC(=O)c1nc2c(s1)CCN(C(=O)c1ccccc1)CC2. The molecule has 1 aromatic heterocycles. The molecule has 1 aliphatic heterocycles. The number of benzene rings is 1. The van der Waals surface area contributed by atoms with E-state index in [0.29, 0.717) is 30.1 Å². The van der Waals surface area contributed by atoms with Gasteiger partial charge in [0.05, 0.1) is 5.69 Å². The molecule has 0 bridgehead atoms. The van der Waals surface area contributed by atoms with Gasteiger partial charge in [0.2, 0.25) is 0 Å². The highest BCUT2D eigenvalue weighted by Crippen LogP contribution is 2.23. The number of carbonyl (C=O) groups excluding carboxylic acids is 2. The van der Waals surface area contributed by atoms with Gasteiger partial charge in [-0.3, -0.25) is 9.59 Å². The first-order chi connectivity index (χ1) is 10.1. The third-order valence-corrected chi connectivity index (χ3v) is 4.70. The number of hydrogen-bond donors (Lipinski definition) is 1. The Morgan fingerprint density at radius 2 is 1.86 bits per heavy atom. The predicted octanol–water partition coefficient (Wildman–Crippen LogP) is 1.48. The second kappa shape index (κ2) is 5.65. The first-order valence-electron chi connectivity index (χ1n) is 6.78. The molecule has 0 aliphatic carbocycles. The molecular formula is C15H15N3O2S. The number of rotatable bonds is 2. The van der Waals surface area contributed by atoms with Crippen molar-refractivity contribution in [2.45, 2.75) is 12.8 Å². The average molecular weight is 301 g/mol. The molecule has 2 aromatic rings. The lowest BCUT2D eigenvalue weighted by atomic mass is 10.2. The Bertz CT molecular complexity index is 656. The summed E-state index contributed by atoms with van der Waals surface area (Å²) in [6, 6.07) is 9.27. The molecule has 0 radical (unpaired) electrons. The summed E-state index contributed by atoms with van der Waals surface area (Å²) in [6.45, 7) is 1.25. The van der Waals surface area contributed by atoms with E-state index in [9.17, 15) is 9.59 Å². The smallest absolute Gasteiger partial charge is 0.277 e. The van der Waals surface area contributed by atoms with Gasteiger partial charge in [-0.15, -0.1) is 11.3 Å². The van der Waals surface area contributed by atoms with Crippen molar-refractivity contribution in [2.24, 2.45) is 5.73 Å². The van der Waals surface area contributed by atoms with Crippen LogP contribution in [0.1, 0.15) is 30.7 Å². The van der Waals surface area contributed by atoms with E-state index in [1.54, 1.807) is 0 Å². The maximum absolute atomic E-state index is 12.4. The van der Waals surface area contributed by atoms with Crippen molar-refractivity contribution in [3.8, 4) is 0 Å². The zero-order chi connectivity index (χ0) is 14.8. The normalized spacial score (nSPS) is 14.4. The minimum atomic E-state index is -0.481. The molecule has 6 heteroatoms.